The molecule has 0 aromatic carbocycles. The van der Waals surface area contributed by atoms with Gasteiger partial charge in [-0.15, -0.1) is 0 Å². The summed E-state index contributed by atoms with van der Waals surface area (Å²) in [5.41, 5.74) is 0. The third kappa shape index (κ3) is 2.68. The third-order valence-corrected chi connectivity index (χ3v) is 3.23. The predicted octanol–water partition coefficient (Wildman–Crippen LogP) is 2.21. The van der Waals surface area contributed by atoms with Gasteiger partial charge in [0.1, 0.15) is 0 Å². The lowest BCUT2D eigenvalue weighted by atomic mass is 9.91. The molecular weight excluding hydrogens is 164 g/mol. The fourth-order valence-electron chi connectivity index (χ4n) is 2.08. The van der Waals surface area contributed by atoms with E-state index in [1.807, 2.05) is 0 Å². The fraction of sp³-hybridized carbons (Fsp3) is 1.00. The first-order valence-electron chi connectivity index (χ1n) is 5.45. The maximum absolute atomic E-state index is 10.1. The van der Waals surface area contributed by atoms with Crippen LogP contribution in [0.25, 0.3) is 0 Å². The molecule has 2 heteroatoms. The van der Waals surface area contributed by atoms with Crippen molar-refractivity contribution in [2.75, 3.05) is 7.11 Å². The molecule has 1 saturated carbocycles. The Kier molecular flexibility index (Phi) is 4.20. The molecule has 0 saturated heterocycles. The van der Waals surface area contributed by atoms with Crippen molar-refractivity contribution in [1.29, 1.82) is 0 Å². The number of methoxy groups -OCH3 is 1. The fourth-order valence-corrected chi connectivity index (χ4v) is 2.08. The topological polar surface area (TPSA) is 29.5 Å². The van der Waals surface area contributed by atoms with Crippen molar-refractivity contribution in [3.8, 4) is 0 Å². The molecule has 1 N–H and O–H groups in total. The van der Waals surface area contributed by atoms with E-state index in [4.69, 9.17) is 4.74 Å². The Balaban J connectivity index is 2.45. The van der Waals surface area contributed by atoms with Crippen molar-refractivity contribution in [2.24, 2.45) is 11.8 Å². The van der Waals surface area contributed by atoms with Crippen molar-refractivity contribution in [2.45, 2.75) is 51.7 Å². The monoisotopic (exact) mass is 186 g/mol. The highest BCUT2D eigenvalue weighted by Crippen LogP contribution is 2.37. The van der Waals surface area contributed by atoms with E-state index >= 15 is 0 Å². The number of ether oxygens (including phenoxy) is 1. The Labute approximate surface area is 81.3 Å². The van der Waals surface area contributed by atoms with E-state index in [1.165, 1.54) is 12.8 Å². The third-order valence-electron chi connectivity index (χ3n) is 3.23. The Hall–Kier alpha value is -0.0800. The van der Waals surface area contributed by atoms with Crippen molar-refractivity contribution < 1.29 is 9.84 Å². The molecule has 0 heterocycles. The van der Waals surface area contributed by atoms with Gasteiger partial charge < -0.3 is 9.84 Å². The molecular formula is C11H22O2. The summed E-state index contributed by atoms with van der Waals surface area (Å²) in [6.07, 6.45) is 4.39. The van der Waals surface area contributed by atoms with Gasteiger partial charge in [-0.3, -0.25) is 0 Å². The van der Waals surface area contributed by atoms with Gasteiger partial charge in [0.25, 0.3) is 0 Å². The molecule has 0 radical (unpaired) electrons. The van der Waals surface area contributed by atoms with Gasteiger partial charge in [-0.1, -0.05) is 26.7 Å². The van der Waals surface area contributed by atoms with Crippen LogP contribution in [0, 0.1) is 11.8 Å². The summed E-state index contributed by atoms with van der Waals surface area (Å²) in [6, 6.07) is 0. The lowest BCUT2D eigenvalue weighted by Gasteiger charge is -2.27. The Morgan fingerprint density at radius 3 is 2.15 bits per heavy atom. The minimum Gasteiger partial charge on any atom is -0.390 e. The molecule has 1 aliphatic rings. The molecule has 0 aromatic heterocycles. The largest absolute Gasteiger partial charge is 0.390 e. The van der Waals surface area contributed by atoms with E-state index in [1.54, 1.807) is 7.11 Å². The SMILES string of the molecule is CCC(CC)C(O)C(OC)C1CC1. The maximum atomic E-state index is 10.1. The van der Waals surface area contributed by atoms with Crippen LogP contribution in [-0.4, -0.2) is 24.4 Å². The van der Waals surface area contributed by atoms with E-state index in [9.17, 15) is 5.11 Å². The molecule has 0 amide bonds. The van der Waals surface area contributed by atoms with Gasteiger partial charge in [-0.05, 0) is 24.7 Å². The highest BCUT2D eigenvalue weighted by atomic mass is 16.5. The average Bonchev–Trinajstić information content (AvgIpc) is 2.92. The van der Waals surface area contributed by atoms with Gasteiger partial charge in [0.2, 0.25) is 0 Å². The van der Waals surface area contributed by atoms with E-state index in [-0.39, 0.29) is 12.2 Å². The van der Waals surface area contributed by atoms with Crippen molar-refractivity contribution in [1.82, 2.24) is 0 Å². The highest BCUT2D eigenvalue weighted by molar-refractivity contribution is 4.88. The second kappa shape index (κ2) is 4.97. The summed E-state index contributed by atoms with van der Waals surface area (Å²) in [7, 11) is 1.72. The molecule has 2 unspecified atom stereocenters. The van der Waals surface area contributed by atoms with Gasteiger partial charge in [0.05, 0.1) is 12.2 Å². The Bertz CT molecular complexity index is 139. The van der Waals surface area contributed by atoms with Gasteiger partial charge in [0.15, 0.2) is 0 Å². The van der Waals surface area contributed by atoms with Crippen LogP contribution in [0.15, 0.2) is 0 Å². The molecule has 1 aliphatic carbocycles. The van der Waals surface area contributed by atoms with Crippen LogP contribution in [0.3, 0.4) is 0 Å². The van der Waals surface area contributed by atoms with Gasteiger partial charge in [0, 0.05) is 7.11 Å². The Morgan fingerprint density at radius 2 is 1.85 bits per heavy atom. The normalized spacial score (nSPS) is 21.9. The van der Waals surface area contributed by atoms with E-state index in [0.29, 0.717) is 11.8 Å². The molecule has 0 aromatic rings. The van der Waals surface area contributed by atoms with E-state index < -0.39 is 0 Å². The Morgan fingerprint density at radius 1 is 1.31 bits per heavy atom. The quantitative estimate of drug-likeness (QED) is 0.689. The van der Waals surface area contributed by atoms with Crippen LogP contribution in [-0.2, 0) is 4.74 Å². The van der Waals surface area contributed by atoms with Crippen LogP contribution >= 0.6 is 0 Å². The minimum atomic E-state index is -0.257. The summed E-state index contributed by atoms with van der Waals surface area (Å²) in [4.78, 5) is 0. The first-order chi connectivity index (χ1) is 6.24. The lowest BCUT2D eigenvalue weighted by molar-refractivity contribution is -0.0541. The van der Waals surface area contributed by atoms with Gasteiger partial charge in [-0.25, -0.2) is 0 Å². The summed E-state index contributed by atoms with van der Waals surface area (Å²) in [5, 5.41) is 10.1. The molecule has 0 spiro atoms. The smallest absolute Gasteiger partial charge is 0.0860 e. The molecule has 78 valence electrons. The molecule has 13 heavy (non-hydrogen) atoms. The molecule has 2 nitrogen and oxygen atoms in total. The van der Waals surface area contributed by atoms with Crippen molar-refractivity contribution >= 4 is 0 Å². The first kappa shape index (κ1) is 11.0. The first-order valence-corrected chi connectivity index (χ1v) is 5.45. The molecule has 1 rings (SSSR count). The molecule has 2 atom stereocenters. The summed E-state index contributed by atoms with van der Waals surface area (Å²) in [5.74, 6) is 1.03. The van der Waals surface area contributed by atoms with Crippen LogP contribution in [0.4, 0.5) is 0 Å². The van der Waals surface area contributed by atoms with Crippen LogP contribution in [0.2, 0.25) is 0 Å². The number of rotatable bonds is 6. The van der Waals surface area contributed by atoms with E-state index in [0.717, 1.165) is 12.8 Å². The van der Waals surface area contributed by atoms with Gasteiger partial charge >= 0.3 is 0 Å². The molecule has 0 bridgehead atoms. The van der Waals surface area contributed by atoms with Crippen molar-refractivity contribution in [3.05, 3.63) is 0 Å². The minimum absolute atomic E-state index is 0.0879. The summed E-state index contributed by atoms with van der Waals surface area (Å²) >= 11 is 0. The zero-order valence-electron chi connectivity index (χ0n) is 8.99. The highest BCUT2D eigenvalue weighted by Gasteiger charge is 2.38. The number of hydrogen-bond acceptors (Lipinski definition) is 2. The lowest BCUT2D eigenvalue weighted by Crippen LogP contribution is -2.36. The molecule has 1 fully saturated rings. The summed E-state index contributed by atoms with van der Waals surface area (Å²) < 4.78 is 5.37. The zero-order chi connectivity index (χ0) is 9.84. The van der Waals surface area contributed by atoms with E-state index in [2.05, 4.69) is 13.8 Å². The van der Waals surface area contributed by atoms with Crippen LogP contribution in [0.1, 0.15) is 39.5 Å². The second-order valence-corrected chi connectivity index (χ2v) is 4.10. The predicted molar refractivity (Wildman–Crippen MR) is 53.6 cm³/mol. The molecule has 0 aliphatic heterocycles. The van der Waals surface area contributed by atoms with Crippen LogP contribution < -0.4 is 0 Å². The second-order valence-electron chi connectivity index (χ2n) is 4.10. The standard InChI is InChI=1S/C11H22O2/c1-4-8(5-2)10(12)11(13-3)9-6-7-9/h8-12H,4-7H2,1-3H3. The number of hydrogen-bond donors (Lipinski definition) is 1. The number of aliphatic hydroxyl groups is 1. The van der Waals surface area contributed by atoms with Gasteiger partial charge in [-0.2, -0.15) is 0 Å². The summed E-state index contributed by atoms with van der Waals surface area (Å²) in [6.45, 7) is 4.27. The van der Waals surface area contributed by atoms with Crippen LogP contribution in [0.5, 0.6) is 0 Å². The number of aliphatic hydroxyl groups excluding tert-OH is 1. The average molecular weight is 186 g/mol. The zero-order valence-corrected chi connectivity index (χ0v) is 8.99. The maximum Gasteiger partial charge on any atom is 0.0860 e. The van der Waals surface area contributed by atoms with Crippen molar-refractivity contribution in [3.63, 3.8) is 0 Å².